The molecule has 7 aliphatic rings. The van der Waals surface area contributed by atoms with Gasteiger partial charge in [0.1, 0.15) is 5.01 Å². The molecule has 2 unspecified atom stereocenters. The SMILES string of the molecule is CCC1(C2(C3(CC(=O)N4CC[C@H]5CC54C4(C5(C(C)N[C@@H](Cc6ccccc6)c6nccs6)CC5)CC4)CC3)CC2)CC1. The van der Waals surface area contributed by atoms with Crippen molar-refractivity contribution in [1.82, 2.24) is 15.2 Å². The molecule has 2 aromatic rings. The molecule has 1 N–H and O–H groups in total. The smallest absolute Gasteiger partial charge is 0.223 e. The number of fused-ring (bicyclic) bond motifs is 1. The number of piperidine rings is 1. The fraction of sp³-hybridized carbons (Fsp3) is 0.730. The molecule has 6 aliphatic carbocycles. The molecule has 1 saturated heterocycles. The van der Waals surface area contributed by atoms with Gasteiger partial charge in [-0.1, -0.05) is 37.3 Å². The van der Waals surface area contributed by atoms with Crippen LogP contribution in [0.25, 0.3) is 0 Å². The maximum Gasteiger partial charge on any atom is 0.223 e. The molecule has 1 amide bonds. The summed E-state index contributed by atoms with van der Waals surface area (Å²) < 4.78 is 0. The van der Waals surface area contributed by atoms with Gasteiger partial charge in [0.2, 0.25) is 5.91 Å². The van der Waals surface area contributed by atoms with Crippen LogP contribution >= 0.6 is 11.3 Å². The number of rotatable bonds is 13. The van der Waals surface area contributed by atoms with Crippen molar-refractivity contribution in [2.45, 2.75) is 128 Å². The molecule has 7 fully saturated rings. The first-order valence-corrected chi connectivity index (χ1v) is 18.3. The van der Waals surface area contributed by atoms with Gasteiger partial charge in [0, 0.05) is 36.0 Å². The normalized spacial score (nSPS) is 33.8. The zero-order valence-corrected chi connectivity index (χ0v) is 26.6. The van der Waals surface area contributed by atoms with Crippen LogP contribution in [0.3, 0.4) is 0 Å². The van der Waals surface area contributed by atoms with Crippen LogP contribution in [0.2, 0.25) is 0 Å². The van der Waals surface area contributed by atoms with Gasteiger partial charge in [-0.05, 0) is 130 Å². The quantitative estimate of drug-likeness (QED) is 0.259. The third-order valence-electron chi connectivity index (χ3n) is 14.8. The Morgan fingerprint density at radius 1 is 1.00 bits per heavy atom. The molecule has 0 radical (unpaired) electrons. The Morgan fingerprint density at radius 3 is 2.26 bits per heavy atom. The van der Waals surface area contributed by atoms with Crippen molar-refractivity contribution in [2.75, 3.05) is 6.54 Å². The monoisotopic (exact) mass is 583 g/mol. The molecule has 9 rings (SSSR count). The van der Waals surface area contributed by atoms with E-state index in [-0.39, 0.29) is 11.6 Å². The van der Waals surface area contributed by atoms with Crippen LogP contribution in [0.1, 0.15) is 120 Å². The Kier molecular flexibility index (Phi) is 5.53. The van der Waals surface area contributed by atoms with E-state index in [4.69, 9.17) is 4.98 Å². The Bertz CT molecular complexity index is 1360. The maximum atomic E-state index is 14.5. The predicted molar refractivity (Wildman–Crippen MR) is 168 cm³/mol. The number of nitrogens with zero attached hydrogens (tertiary/aromatic N) is 2. The summed E-state index contributed by atoms with van der Waals surface area (Å²) in [6.45, 7) is 5.93. The van der Waals surface area contributed by atoms with E-state index in [0.717, 1.165) is 25.3 Å². The lowest BCUT2D eigenvalue weighted by molar-refractivity contribution is -0.139. The molecule has 1 aliphatic heterocycles. The third kappa shape index (κ3) is 3.44. The van der Waals surface area contributed by atoms with Gasteiger partial charge in [-0.25, -0.2) is 4.98 Å². The van der Waals surface area contributed by atoms with Gasteiger partial charge in [0.05, 0.1) is 11.6 Å². The number of hydrogen-bond donors (Lipinski definition) is 1. The summed E-state index contributed by atoms with van der Waals surface area (Å²) in [6.07, 6.45) is 21.3. The molecule has 42 heavy (non-hydrogen) atoms. The number of carbonyl (C=O) groups excluding carboxylic acids is 1. The molecular formula is C37H49N3OS. The Labute approximate surface area is 256 Å². The van der Waals surface area contributed by atoms with Gasteiger partial charge >= 0.3 is 0 Å². The van der Waals surface area contributed by atoms with Crippen LogP contribution in [-0.4, -0.2) is 33.9 Å². The van der Waals surface area contributed by atoms with Crippen LogP contribution in [0.5, 0.6) is 0 Å². The zero-order chi connectivity index (χ0) is 28.4. The van der Waals surface area contributed by atoms with Crippen LogP contribution in [-0.2, 0) is 11.2 Å². The second kappa shape index (κ2) is 8.71. The minimum Gasteiger partial charge on any atom is -0.336 e. The third-order valence-corrected chi connectivity index (χ3v) is 15.7. The van der Waals surface area contributed by atoms with Crippen molar-refractivity contribution in [3.63, 3.8) is 0 Å². The van der Waals surface area contributed by atoms with E-state index >= 15 is 0 Å². The van der Waals surface area contributed by atoms with Crippen LogP contribution in [0.4, 0.5) is 0 Å². The Balaban J connectivity index is 0.958. The van der Waals surface area contributed by atoms with Gasteiger partial charge in [-0.3, -0.25) is 4.79 Å². The first-order valence-electron chi connectivity index (χ1n) is 17.4. The minimum atomic E-state index is 0.168. The highest BCUT2D eigenvalue weighted by molar-refractivity contribution is 7.09. The van der Waals surface area contributed by atoms with Crippen molar-refractivity contribution in [1.29, 1.82) is 0 Å². The molecule has 1 aromatic heterocycles. The second-order valence-electron chi connectivity index (χ2n) is 16.1. The summed E-state index contributed by atoms with van der Waals surface area (Å²) in [6, 6.07) is 11.6. The number of thiazole rings is 1. The summed E-state index contributed by atoms with van der Waals surface area (Å²) in [4.78, 5) is 21.8. The molecular weight excluding hydrogens is 534 g/mol. The predicted octanol–water partition coefficient (Wildman–Crippen LogP) is 8.10. The Morgan fingerprint density at radius 2 is 1.71 bits per heavy atom. The summed E-state index contributed by atoms with van der Waals surface area (Å²) in [7, 11) is 0. The molecule has 1 aromatic carbocycles. The van der Waals surface area contributed by atoms with Crippen LogP contribution in [0, 0.1) is 33.0 Å². The molecule has 224 valence electrons. The molecule has 2 heterocycles. The van der Waals surface area contributed by atoms with Gasteiger partial charge in [0.15, 0.2) is 0 Å². The molecule has 0 spiro atoms. The van der Waals surface area contributed by atoms with Crippen LogP contribution < -0.4 is 5.32 Å². The number of hydrogen-bond acceptors (Lipinski definition) is 4. The molecule has 4 nitrogen and oxygen atoms in total. The number of aromatic nitrogens is 1. The molecule has 4 atom stereocenters. The number of amides is 1. The molecule has 6 saturated carbocycles. The van der Waals surface area contributed by atoms with Crippen molar-refractivity contribution in [3.05, 3.63) is 52.5 Å². The highest BCUT2D eigenvalue weighted by atomic mass is 32.1. The average molecular weight is 584 g/mol. The fourth-order valence-corrected chi connectivity index (χ4v) is 12.7. The lowest BCUT2D eigenvalue weighted by atomic mass is 9.69. The summed E-state index contributed by atoms with van der Waals surface area (Å²) >= 11 is 1.78. The standard InChI is InChI=1S/C37H49N3OS/c1-3-32(10-11-32)35(16-17-35)33(12-13-33)25-30(41)40-21-9-28-24-37(28,40)36(18-19-36)34(14-15-34)26(2)39-29(31-38-20-22-42-31)23-27-7-5-4-6-8-27/h4-8,20,22,26,28-29,39H,3,9-19,21,23-25H2,1-2H3/t26?,28-,29-,37?/m0/s1. The summed E-state index contributed by atoms with van der Waals surface area (Å²) in [5, 5.41) is 7.49. The van der Waals surface area contributed by atoms with Gasteiger partial charge in [-0.15, -0.1) is 11.3 Å². The van der Waals surface area contributed by atoms with E-state index < -0.39 is 0 Å². The minimum absolute atomic E-state index is 0.168. The number of benzene rings is 1. The van der Waals surface area contributed by atoms with E-state index in [2.05, 4.69) is 59.8 Å². The highest BCUT2D eigenvalue weighted by Gasteiger charge is 2.84. The highest BCUT2D eigenvalue weighted by Crippen LogP contribution is 2.86. The summed E-state index contributed by atoms with van der Waals surface area (Å²) in [5.41, 5.74) is 3.67. The Hall–Kier alpha value is -1.72. The lowest BCUT2D eigenvalue weighted by Gasteiger charge is -2.45. The number of carbonyl (C=O) groups is 1. The van der Waals surface area contributed by atoms with E-state index in [1.807, 2.05) is 6.20 Å². The van der Waals surface area contributed by atoms with E-state index in [9.17, 15) is 4.79 Å². The zero-order valence-electron chi connectivity index (χ0n) is 25.8. The van der Waals surface area contributed by atoms with Crippen molar-refractivity contribution in [2.24, 2.45) is 33.0 Å². The largest absolute Gasteiger partial charge is 0.336 e. The van der Waals surface area contributed by atoms with Crippen LogP contribution in [0.15, 0.2) is 41.9 Å². The first-order chi connectivity index (χ1) is 20.4. The topological polar surface area (TPSA) is 45.2 Å². The van der Waals surface area contributed by atoms with E-state index in [0.29, 0.717) is 39.0 Å². The van der Waals surface area contributed by atoms with Crippen molar-refractivity contribution < 1.29 is 4.79 Å². The average Bonchev–Trinajstić information content (AvgIpc) is 3.81. The van der Waals surface area contributed by atoms with Crippen molar-refractivity contribution in [3.8, 4) is 0 Å². The number of nitrogens with one attached hydrogen (secondary N) is 1. The lowest BCUT2D eigenvalue weighted by Crippen LogP contribution is -2.54. The van der Waals surface area contributed by atoms with Gasteiger partial charge in [0.25, 0.3) is 0 Å². The maximum absolute atomic E-state index is 14.5. The fourth-order valence-electron chi connectivity index (χ4n) is 12.0. The summed E-state index contributed by atoms with van der Waals surface area (Å²) in [5.74, 6) is 1.31. The number of likely N-dealkylation sites (tertiary alicyclic amines) is 1. The second-order valence-corrected chi connectivity index (χ2v) is 17.0. The van der Waals surface area contributed by atoms with Gasteiger partial charge in [-0.2, -0.15) is 0 Å². The van der Waals surface area contributed by atoms with E-state index in [1.54, 1.807) is 11.3 Å². The van der Waals surface area contributed by atoms with Gasteiger partial charge < -0.3 is 10.2 Å². The van der Waals surface area contributed by atoms with E-state index in [1.165, 1.54) is 94.0 Å². The first kappa shape index (κ1) is 26.7. The molecule has 5 heteroatoms. The van der Waals surface area contributed by atoms with Crippen molar-refractivity contribution >= 4 is 17.2 Å². The molecule has 0 bridgehead atoms.